The number of nitro groups is 1. The molecule has 166 valence electrons. The quantitative estimate of drug-likeness (QED) is 0.233. The molecule has 0 saturated carbocycles. The van der Waals surface area contributed by atoms with Crippen LogP contribution in [-0.2, 0) is 16.6 Å². The first-order chi connectivity index (χ1) is 15.9. The number of fused-ring (bicyclic) bond motifs is 1. The third-order valence-corrected chi connectivity index (χ3v) is 6.02. The average Bonchev–Trinajstić information content (AvgIpc) is 2.83. The minimum atomic E-state index is -3.82. The first-order valence-corrected chi connectivity index (χ1v) is 11.4. The molecule has 0 aliphatic rings. The van der Waals surface area contributed by atoms with Crippen molar-refractivity contribution in [2.45, 2.75) is 11.5 Å². The van der Waals surface area contributed by atoms with E-state index in [1.807, 2.05) is 24.3 Å². The van der Waals surface area contributed by atoms with Crippen LogP contribution in [-0.4, -0.2) is 19.6 Å². The van der Waals surface area contributed by atoms with Gasteiger partial charge in [-0.25, -0.2) is 4.83 Å². The molecule has 8 nitrogen and oxygen atoms in total. The molecule has 0 unspecified atom stereocenters. The summed E-state index contributed by atoms with van der Waals surface area (Å²) in [6, 6.07) is 25.5. The van der Waals surface area contributed by atoms with Crippen molar-refractivity contribution in [3.63, 3.8) is 0 Å². The fourth-order valence-corrected chi connectivity index (χ4v) is 3.99. The number of nitro benzene ring substituents is 1. The molecule has 33 heavy (non-hydrogen) atoms. The van der Waals surface area contributed by atoms with Crippen LogP contribution in [0.15, 0.2) is 101 Å². The number of nitrogens with one attached hydrogen (secondary N) is 1. The number of rotatable bonds is 8. The van der Waals surface area contributed by atoms with E-state index >= 15 is 0 Å². The van der Waals surface area contributed by atoms with Crippen LogP contribution in [0.25, 0.3) is 10.8 Å². The number of ether oxygens (including phenoxy) is 1. The van der Waals surface area contributed by atoms with E-state index in [4.69, 9.17) is 4.74 Å². The zero-order chi connectivity index (χ0) is 23.3. The Kier molecular flexibility index (Phi) is 6.32. The van der Waals surface area contributed by atoms with Crippen molar-refractivity contribution in [1.82, 2.24) is 4.83 Å². The highest BCUT2D eigenvalue weighted by atomic mass is 32.2. The van der Waals surface area contributed by atoms with E-state index in [1.54, 1.807) is 48.5 Å². The predicted molar refractivity (Wildman–Crippen MR) is 126 cm³/mol. The summed E-state index contributed by atoms with van der Waals surface area (Å²) in [5.41, 5.74) is 1.27. The van der Waals surface area contributed by atoms with Gasteiger partial charge in [-0.2, -0.15) is 13.5 Å². The number of hydrogen-bond donors (Lipinski definition) is 1. The Morgan fingerprint density at radius 2 is 1.70 bits per heavy atom. The van der Waals surface area contributed by atoms with Crippen molar-refractivity contribution in [1.29, 1.82) is 0 Å². The Morgan fingerprint density at radius 3 is 2.52 bits per heavy atom. The van der Waals surface area contributed by atoms with Crippen molar-refractivity contribution >= 4 is 32.7 Å². The van der Waals surface area contributed by atoms with Crippen molar-refractivity contribution in [2.75, 3.05) is 0 Å². The van der Waals surface area contributed by atoms with E-state index in [2.05, 4.69) is 9.93 Å². The molecule has 1 N–H and O–H groups in total. The van der Waals surface area contributed by atoms with Crippen molar-refractivity contribution in [3.8, 4) is 5.75 Å². The second kappa shape index (κ2) is 9.49. The number of nitrogens with zero attached hydrogens (tertiary/aromatic N) is 2. The maximum absolute atomic E-state index is 12.6. The van der Waals surface area contributed by atoms with Gasteiger partial charge in [0.1, 0.15) is 12.4 Å². The van der Waals surface area contributed by atoms with E-state index < -0.39 is 14.9 Å². The van der Waals surface area contributed by atoms with E-state index in [-0.39, 0.29) is 17.2 Å². The summed E-state index contributed by atoms with van der Waals surface area (Å²) in [6.45, 7) is 0.150. The Hall–Kier alpha value is -4.24. The van der Waals surface area contributed by atoms with E-state index in [9.17, 15) is 18.5 Å². The number of non-ortho nitro benzene ring substituents is 1. The minimum absolute atomic E-state index is 0.00400. The highest BCUT2D eigenvalue weighted by Crippen LogP contribution is 2.19. The summed E-state index contributed by atoms with van der Waals surface area (Å²) < 4.78 is 30.8. The number of hydrogen-bond acceptors (Lipinski definition) is 6. The Balaban J connectivity index is 1.41. The van der Waals surface area contributed by atoms with Gasteiger partial charge in [0.15, 0.2) is 0 Å². The third-order valence-electron chi connectivity index (χ3n) is 4.80. The summed E-state index contributed by atoms with van der Waals surface area (Å²) in [7, 11) is -3.82. The van der Waals surface area contributed by atoms with E-state index in [0.717, 1.165) is 10.8 Å². The molecule has 0 saturated heterocycles. The van der Waals surface area contributed by atoms with Crippen LogP contribution in [0, 0.1) is 10.1 Å². The van der Waals surface area contributed by atoms with Gasteiger partial charge in [-0.3, -0.25) is 10.1 Å². The molecule has 0 bridgehead atoms. The SMILES string of the molecule is O=[N+]([O-])c1cccc(COc2cccc(/C=N\NS(=O)(=O)c3ccc4ccccc4c3)c2)c1. The summed E-state index contributed by atoms with van der Waals surface area (Å²) in [5, 5.41) is 16.5. The summed E-state index contributed by atoms with van der Waals surface area (Å²) in [5.74, 6) is 0.517. The third kappa shape index (κ3) is 5.52. The second-order valence-electron chi connectivity index (χ2n) is 7.15. The van der Waals surface area contributed by atoms with Gasteiger partial charge in [-0.1, -0.05) is 54.6 Å². The molecule has 0 aliphatic carbocycles. The van der Waals surface area contributed by atoms with Crippen molar-refractivity contribution in [3.05, 3.63) is 112 Å². The van der Waals surface area contributed by atoms with Crippen molar-refractivity contribution in [2.24, 2.45) is 5.10 Å². The molecule has 0 spiro atoms. The molecule has 4 rings (SSSR count). The molecule has 0 atom stereocenters. The highest BCUT2D eigenvalue weighted by Gasteiger charge is 2.13. The predicted octanol–water partition coefficient (Wildman–Crippen LogP) is 4.64. The van der Waals surface area contributed by atoms with Gasteiger partial charge < -0.3 is 4.74 Å². The van der Waals surface area contributed by atoms with Gasteiger partial charge in [-0.05, 0) is 46.2 Å². The molecule has 0 aliphatic heterocycles. The maximum Gasteiger partial charge on any atom is 0.276 e. The molecule has 0 aromatic heterocycles. The zero-order valence-electron chi connectivity index (χ0n) is 17.3. The Morgan fingerprint density at radius 1 is 0.909 bits per heavy atom. The van der Waals surface area contributed by atoms with Gasteiger partial charge in [0.2, 0.25) is 0 Å². The lowest BCUT2D eigenvalue weighted by molar-refractivity contribution is -0.384. The molecule has 4 aromatic rings. The molecule has 0 amide bonds. The van der Waals surface area contributed by atoms with Gasteiger partial charge >= 0.3 is 0 Å². The Labute approximate surface area is 190 Å². The van der Waals surface area contributed by atoms with Gasteiger partial charge in [0, 0.05) is 12.1 Å². The minimum Gasteiger partial charge on any atom is -0.489 e. The van der Waals surface area contributed by atoms with Crippen LogP contribution in [0.4, 0.5) is 5.69 Å². The summed E-state index contributed by atoms with van der Waals surface area (Å²) >= 11 is 0. The monoisotopic (exact) mass is 461 g/mol. The smallest absolute Gasteiger partial charge is 0.276 e. The second-order valence-corrected chi connectivity index (χ2v) is 8.81. The standard InChI is InChI=1S/C24H19N3O5S/c28-27(29)22-9-3-6-19(13-22)17-32-23-10-4-5-18(14-23)16-25-26-33(30,31)24-12-11-20-7-1-2-8-21(20)15-24/h1-16,26H,17H2/b25-16-. The van der Waals surface area contributed by atoms with Crippen LogP contribution in [0.1, 0.15) is 11.1 Å². The first kappa shape index (κ1) is 22.0. The van der Waals surface area contributed by atoms with Crippen molar-refractivity contribution < 1.29 is 18.1 Å². The molecule has 0 heterocycles. The fraction of sp³-hybridized carbons (Fsp3) is 0.0417. The van der Waals surface area contributed by atoms with Crippen LogP contribution in [0.5, 0.6) is 5.75 Å². The molecule has 0 radical (unpaired) electrons. The van der Waals surface area contributed by atoms with E-state index in [0.29, 0.717) is 16.9 Å². The van der Waals surface area contributed by atoms with Gasteiger partial charge in [-0.15, -0.1) is 0 Å². The first-order valence-electron chi connectivity index (χ1n) is 9.91. The topological polar surface area (TPSA) is 111 Å². The van der Waals surface area contributed by atoms with Crippen LogP contribution >= 0.6 is 0 Å². The van der Waals surface area contributed by atoms with Gasteiger partial charge in [0.25, 0.3) is 15.7 Å². The fourth-order valence-electron chi connectivity index (χ4n) is 3.17. The molecule has 4 aromatic carbocycles. The summed E-state index contributed by atoms with van der Waals surface area (Å²) in [6.07, 6.45) is 1.37. The lowest BCUT2D eigenvalue weighted by Gasteiger charge is -2.07. The van der Waals surface area contributed by atoms with Gasteiger partial charge in [0.05, 0.1) is 16.0 Å². The van der Waals surface area contributed by atoms with Crippen LogP contribution < -0.4 is 9.57 Å². The lowest BCUT2D eigenvalue weighted by atomic mass is 10.1. The average molecular weight is 461 g/mol. The molecule has 9 heteroatoms. The highest BCUT2D eigenvalue weighted by molar-refractivity contribution is 7.89. The van der Waals surface area contributed by atoms with E-state index in [1.165, 1.54) is 24.4 Å². The van der Waals surface area contributed by atoms with Crippen LogP contribution in [0.3, 0.4) is 0 Å². The zero-order valence-corrected chi connectivity index (χ0v) is 18.1. The number of benzene rings is 4. The number of sulfonamides is 1. The summed E-state index contributed by atoms with van der Waals surface area (Å²) in [4.78, 5) is 12.8. The molecule has 0 fully saturated rings. The molecular formula is C24H19N3O5S. The maximum atomic E-state index is 12.6. The lowest BCUT2D eigenvalue weighted by Crippen LogP contribution is -2.18. The normalized spacial score (nSPS) is 11.5. The molecular weight excluding hydrogens is 442 g/mol. The largest absolute Gasteiger partial charge is 0.489 e. The number of hydrazone groups is 1. The Bertz CT molecular complexity index is 1450. The van der Waals surface area contributed by atoms with Crippen LogP contribution in [0.2, 0.25) is 0 Å².